The molecule has 1 atom stereocenters. The number of carbonyl (C=O) groups excluding carboxylic acids is 2. The van der Waals surface area contributed by atoms with Crippen molar-refractivity contribution in [1.29, 1.82) is 0 Å². The van der Waals surface area contributed by atoms with Gasteiger partial charge in [0.15, 0.2) is 5.82 Å². The molecule has 2 aromatic rings. The van der Waals surface area contributed by atoms with Gasteiger partial charge in [-0.05, 0) is 48.7 Å². The monoisotopic (exact) mass is 475 g/mol. The maximum atomic E-state index is 14.3. The minimum absolute atomic E-state index is 0.125. The van der Waals surface area contributed by atoms with Crippen molar-refractivity contribution in [3.63, 3.8) is 0 Å². The standard InChI is InChI=1S/C25H31ClFN3O3/c1-33-19-12-10-18(11-13-19)28-14-15-29-25(32)22(16-17-6-3-2-4-7-17)30-24(31)20-8-5-9-21(26)23(20)27/h5,8-13,17,22,28H,2-4,6-7,14-16H2,1H3,(H,29,32)(H,30,31). The Morgan fingerprint density at radius 1 is 1.09 bits per heavy atom. The fourth-order valence-corrected chi connectivity index (χ4v) is 4.30. The first-order chi connectivity index (χ1) is 16.0. The van der Waals surface area contributed by atoms with E-state index in [0.29, 0.717) is 25.4 Å². The van der Waals surface area contributed by atoms with Crippen LogP contribution in [0.2, 0.25) is 5.02 Å². The van der Waals surface area contributed by atoms with Crippen molar-refractivity contribution in [2.75, 3.05) is 25.5 Å². The SMILES string of the molecule is COc1ccc(NCCNC(=O)C(CC2CCCCC2)NC(=O)c2cccc(Cl)c2F)cc1. The number of ether oxygens (including phenoxy) is 1. The van der Waals surface area contributed by atoms with Gasteiger partial charge in [0.2, 0.25) is 5.91 Å². The van der Waals surface area contributed by atoms with E-state index in [2.05, 4.69) is 16.0 Å². The van der Waals surface area contributed by atoms with E-state index in [0.717, 1.165) is 37.1 Å². The minimum Gasteiger partial charge on any atom is -0.497 e. The Kier molecular flexibility index (Phi) is 9.36. The van der Waals surface area contributed by atoms with Crippen LogP contribution in [0.5, 0.6) is 5.75 Å². The van der Waals surface area contributed by atoms with Crippen molar-refractivity contribution < 1.29 is 18.7 Å². The highest BCUT2D eigenvalue weighted by molar-refractivity contribution is 6.31. The third-order valence-corrected chi connectivity index (χ3v) is 6.25. The van der Waals surface area contributed by atoms with Crippen LogP contribution in [-0.4, -0.2) is 38.1 Å². The first-order valence-corrected chi connectivity index (χ1v) is 11.8. The third kappa shape index (κ3) is 7.35. The van der Waals surface area contributed by atoms with E-state index >= 15 is 0 Å². The molecule has 0 heterocycles. The zero-order valence-corrected chi connectivity index (χ0v) is 19.6. The fourth-order valence-electron chi connectivity index (χ4n) is 4.13. The lowest BCUT2D eigenvalue weighted by molar-refractivity contribution is -0.123. The van der Waals surface area contributed by atoms with Crippen LogP contribution in [0.3, 0.4) is 0 Å². The highest BCUT2D eigenvalue weighted by Gasteiger charge is 2.27. The van der Waals surface area contributed by atoms with Gasteiger partial charge in [-0.3, -0.25) is 9.59 Å². The summed E-state index contributed by atoms with van der Waals surface area (Å²) < 4.78 is 19.5. The number of halogens is 2. The molecule has 8 heteroatoms. The van der Waals surface area contributed by atoms with Gasteiger partial charge >= 0.3 is 0 Å². The van der Waals surface area contributed by atoms with Crippen LogP contribution in [0.1, 0.15) is 48.9 Å². The van der Waals surface area contributed by atoms with E-state index < -0.39 is 17.8 Å². The average Bonchev–Trinajstić information content (AvgIpc) is 2.84. The van der Waals surface area contributed by atoms with Crippen LogP contribution < -0.4 is 20.7 Å². The Bertz CT molecular complexity index is 933. The van der Waals surface area contributed by atoms with Gasteiger partial charge in [-0.25, -0.2) is 4.39 Å². The van der Waals surface area contributed by atoms with E-state index in [9.17, 15) is 14.0 Å². The van der Waals surface area contributed by atoms with Crippen LogP contribution in [0.15, 0.2) is 42.5 Å². The number of nitrogens with one attached hydrogen (secondary N) is 3. The minimum atomic E-state index is -0.780. The van der Waals surface area contributed by atoms with Gasteiger partial charge in [-0.2, -0.15) is 0 Å². The van der Waals surface area contributed by atoms with Gasteiger partial charge in [0, 0.05) is 18.8 Å². The Hall–Kier alpha value is -2.80. The van der Waals surface area contributed by atoms with Gasteiger partial charge < -0.3 is 20.7 Å². The number of hydrogen-bond donors (Lipinski definition) is 3. The molecule has 178 valence electrons. The molecule has 0 spiro atoms. The molecule has 2 amide bonds. The molecule has 1 saturated carbocycles. The summed E-state index contributed by atoms with van der Waals surface area (Å²) in [7, 11) is 1.61. The highest BCUT2D eigenvalue weighted by atomic mass is 35.5. The number of rotatable bonds is 10. The zero-order valence-electron chi connectivity index (χ0n) is 18.8. The molecule has 1 aliphatic carbocycles. The third-order valence-electron chi connectivity index (χ3n) is 5.96. The average molecular weight is 476 g/mol. The molecule has 6 nitrogen and oxygen atoms in total. The van der Waals surface area contributed by atoms with E-state index in [-0.39, 0.29) is 16.5 Å². The van der Waals surface area contributed by atoms with E-state index in [4.69, 9.17) is 16.3 Å². The van der Waals surface area contributed by atoms with Gasteiger partial charge in [0.25, 0.3) is 5.91 Å². The number of hydrogen-bond acceptors (Lipinski definition) is 4. The predicted octanol–water partition coefficient (Wildman–Crippen LogP) is 4.78. The van der Waals surface area contributed by atoms with Crippen molar-refractivity contribution in [3.8, 4) is 5.75 Å². The van der Waals surface area contributed by atoms with Crippen LogP contribution in [0.4, 0.5) is 10.1 Å². The van der Waals surface area contributed by atoms with E-state index in [1.807, 2.05) is 24.3 Å². The van der Waals surface area contributed by atoms with Crippen molar-refractivity contribution in [1.82, 2.24) is 10.6 Å². The van der Waals surface area contributed by atoms with Crippen LogP contribution in [-0.2, 0) is 4.79 Å². The summed E-state index contributed by atoms with van der Waals surface area (Å²) in [6.07, 6.45) is 6.05. The second kappa shape index (κ2) is 12.4. The van der Waals surface area contributed by atoms with Gasteiger partial charge in [-0.1, -0.05) is 49.8 Å². The molecule has 0 bridgehead atoms. The highest BCUT2D eigenvalue weighted by Crippen LogP contribution is 2.27. The summed E-state index contributed by atoms with van der Waals surface area (Å²) in [4.78, 5) is 25.7. The Balaban J connectivity index is 1.57. The van der Waals surface area contributed by atoms with Gasteiger partial charge in [0.05, 0.1) is 17.7 Å². The predicted molar refractivity (Wildman–Crippen MR) is 128 cm³/mol. The molecule has 1 aliphatic rings. The van der Waals surface area contributed by atoms with Crippen molar-refractivity contribution in [2.24, 2.45) is 5.92 Å². The first-order valence-electron chi connectivity index (χ1n) is 11.4. The molecule has 0 radical (unpaired) electrons. The number of methoxy groups -OCH3 is 1. The molecule has 0 aliphatic heterocycles. The molecule has 3 rings (SSSR count). The molecule has 3 N–H and O–H groups in total. The van der Waals surface area contributed by atoms with Crippen molar-refractivity contribution >= 4 is 29.1 Å². The van der Waals surface area contributed by atoms with Crippen molar-refractivity contribution in [3.05, 3.63) is 58.9 Å². The number of amides is 2. The first kappa shape index (κ1) is 24.8. The molecule has 0 aromatic heterocycles. The molecular formula is C25H31ClFN3O3. The fraction of sp³-hybridized carbons (Fsp3) is 0.440. The van der Waals surface area contributed by atoms with Crippen LogP contribution >= 0.6 is 11.6 Å². The lowest BCUT2D eigenvalue weighted by atomic mass is 9.84. The molecule has 33 heavy (non-hydrogen) atoms. The summed E-state index contributed by atoms with van der Waals surface area (Å²) in [5.74, 6) is -0.560. The molecule has 0 saturated heterocycles. The molecule has 1 unspecified atom stereocenters. The van der Waals surface area contributed by atoms with Crippen LogP contribution in [0, 0.1) is 11.7 Å². The molecular weight excluding hydrogens is 445 g/mol. The zero-order chi connectivity index (χ0) is 23.6. The number of carbonyl (C=O) groups is 2. The summed E-state index contributed by atoms with van der Waals surface area (Å²) in [5.41, 5.74) is 0.749. The Morgan fingerprint density at radius 3 is 2.52 bits per heavy atom. The summed E-state index contributed by atoms with van der Waals surface area (Å²) in [5, 5.41) is 8.73. The second-order valence-corrected chi connectivity index (χ2v) is 8.72. The molecule has 2 aromatic carbocycles. The summed E-state index contributed by atoms with van der Waals surface area (Å²) >= 11 is 5.82. The topological polar surface area (TPSA) is 79.5 Å². The number of benzene rings is 2. The van der Waals surface area contributed by atoms with Gasteiger partial charge in [0.1, 0.15) is 11.8 Å². The maximum absolute atomic E-state index is 14.3. The van der Waals surface area contributed by atoms with E-state index in [1.165, 1.54) is 24.6 Å². The lowest BCUT2D eigenvalue weighted by Gasteiger charge is -2.26. The normalized spacial score (nSPS) is 14.9. The van der Waals surface area contributed by atoms with Crippen LogP contribution in [0.25, 0.3) is 0 Å². The lowest BCUT2D eigenvalue weighted by Crippen LogP contribution is -2.48. The quantitative estimate of drug-likeness (QED) is 0.432. The van der Waals surface area contributed by atoms with Crippen molar-refractivity contribution in [2.45, 2.75) is 44.6 Å². The van der Waals surface area contributed by atoms with E-state index in [1.54, 1.807) is 7.11 Å². The van der Waals surface area contributed by atoms with Gasteiger partial charge in [-0.15, -0.1) is 0 Å². The maximum Gasteiger partial charge on any atom is 0.254 e. The Morgan fingerprint density at radius 2 is 1.82 bits per heavy atom. The molecule has 1 fully saturated rings. The Labute approximate surface area is 199 Å². The summed E-state index contributed by atoms with van der Waals surface area (Å²) in [6.45, 7) is 0.901. The number of anilines is 1. The second-order valence-electron chi connectivity index (χ2n) is 8.31. The largest absolute Gasteiger partial charge is 0.497 e. The smallest absolute Gasteiger partial charge is 0.254 e. The summed E-state index contributed by atoms with van der Waals surface area (Å²) in [6, 6.07) is 11.0.